The van der Waals surface area contributed by atoms with Crippen LogP contribution >= 0.6 is 0 Å². The van der Waals surface area contributed by atoms with E-state index < -0.39 is 15.4 Å². The second kappa shape index (κ2) is 6.16. The number of hydrogen-bond donors (Lipinski definition) is 2. The SMILES string of the molecule is C=CCC(CN)S(=O)(=O)O.[H-].[Na+]. The van der Waals surface area contributed by atoms with Crippen molar-refractivity contribution in [3.8, 4) is 0 Å². The largest absolute Gasteiger partial charge is 1.00 e. The summed E-state index contributed by atoms with van der Waals surface area (Å²) >= 11 is 0. The van der Waals surface area contributed by atoms with Crippen molar-refractivity contribution >= 4 is 10.1 Å². The summed E-state index contributed by atoms with van der Waals surface area (Å²) in [5, 5.41) is -0.898. The molecule has 1 atom stereocenters. The van der Waals surface area contributed by atoms with Crippen LogP contribution in [0.25, 0.3) is 0 Å². The van der Waals surface area contributed by atoms with E-state index in [0.29, 0.717) is 0 Å². The van der Waals surface area contributed by atoms with Crippen LogP contribution in [0.1, 0.15) is 7.85 Å². The van der Waals surface area contributed by atoms with Crippen molar-refractivity contribution in [1.29, 1.82) is 0 Å². The predicted molar refractivity (Wildman–Crippen MR) is 40.3 cm³/mol. The number of nitrogens with two attached hydrogens (primary N) is 1. The molecular weight excluding hydrogens is 177 g/mol. The first-order valence-electron chi connectivity index (χ1n) is 2.79. The van der Waals surface area contributed by atoms with Gasteiger partial charge in [-0.25, -0.2) is 0 Å². The molecule has 0 saturated heterocycles. The Labute approximate surface area is 90.4 Å². The first-order chi connectivity index (χ1) is 4.52. The van der Waals surface area contributed by atoms with Crippen LogP contribution in [-0.2, 0) is 10.1 Å². The molecule has 0 rings (SSSR count). The monoisotopic (exact) mass is 189 g/mol. The fourth-order valence-corrected chi connectivity index (χ4v) is 1.15. The van der Waals surface area contributed by atoms with Crippen molar-refractivity contribution < 1.29 is 44.0 Å². The maximum absolute atomic E-state index is 10.4. The Bertz CT molecular complexity index is 207. The van der Waals surface area contributed by atoms with Gasteiger partial charge in [0.25, 0.3) is 10.1 Å². The summed E-state index contributed by atoms with van der Waals surface area (Å²) in [5.41, 5.74) is 5.06. The molecule has 4 nitrogen and oxygen atoms in total. The van der Waals surface area contributed by atoms with Crippen LogP contribution in [0, 0.1) is 0 Å². The van der Waals surface area contributed by atoms with E-state index in [9.17, 15) is 8.42 Å². The average Bonchev–Trinajstić information content (AvgIpc) is 1.80. The minimum atomic E-state index is -3.97. The van der Waals surface area contributed by atoms with E-state index in [1.807, 2.05) is 0 Å². The van der Waals surface area contributed by atoms with Gasteiger partial charge in [-0.05, 0) is 6.42 Å². The Balaban J connectivity index is -0.000000405. The van der Waals surface area contributed by atoms with Crippen LogP contribution in [0.15, 0.2) is 12.7 Å². The van der Waals surface area contributed by atoms with Gasteiger partial charge in [0.15, 0.2) is 0 Å². The van der Waals surface area contributed by atoms with Crippen molar-refractivity contribution in [3.63, 3.8) is 0 Å². The molecular formula is C5H12NNaO3S. The van der Waals surface area contributed by atoms with Gasteiger partial charge in [-0.15, -0.1) is 6.58 Å². The molecule has 0 aliphatic heterocycles. The standard InChI is InChI=1S/C5H11NO3S.Na.H/c1-2-3-5(4-6)10(7,8)9;;/h2,5H,1,3-4,6H2,(H,7,8,9);;/q;+1;-1. The molecule has 0 spiro atoms. The van der Waals surface area contributed by atoms with Crippen LogP contribution in [0.2, 0.25) is 0 Å². The zero-order valence-electron chi connectivity index (χ0n) is 7.53. The Morgan fingerprint density at radius 1 is 1.73 bits per heavy atom. The Morgan fingerprint density at radius 2 is 2.18 bits per heavy atom. The van der Waals surface area contributed by atoms with Crippen LogP contribution < -0.4 is 35.3 Å². The van der Waals surface area contributed by atoms with E-state index in [1.165, 1.54) is 6.08 Å². The Morgan fingerprint density at radius 3 is 2.27 bits per heavy atom. The van der Waals surface area contributed by atoms with E-state index >= 15 is 0 Å². The van der Waals surface area contributed by atoms with Crippen LogP contribution in [0.3, 0.4) is 0 Å². The molecule has 0 heterocycles. The molecule has 0 saturated carbocycles. The number of rotatable bonds is 4. The van der Waals surface area contributed by atoms with Gasteiger partial charge < -0.3 is 7.16 Å². The third-order valence-electron chi connectivity index (χ3n) is 1.11. The first-order valence-corrected chi connectivity index (χ1v) is 4.30. The molecule has 3 N–H and O–H groups in total. The minimum absolute atomic E-state index is 0. The van der Waals surface area contributed by atoms with Crippen molar-refractivity contribution in [2.75, 3.05) is 6.54 Å². The molecule has 0 aromatic carbocycles. The molecule has 0 aromatic heterocycles. The number of allylic oxidation sites excluding steroid dienone is 1. The molecule has 11 heavy (non-hydrogen) atoms. The van der Waals surface area contributed by atoms with Gasteiger partial charge in [-0.3, -0.25) is 4.55 Å². The second-order valence-electron chi connectivity index (χ2n) is 1.90. The maximum Gasteiger partial charge on any atom is 1.00 e. The fraction of sp³-hybridized carbons (Fsp3) is 0.600. The molecule has 62 valence electrons. The van der Waals surface area contributed by atoms with E-state index in [4.69, 9.17) is 10.3 Å². The van der Waals surface area contributed by atoms with Crippen molar-refractivity contribution in [2.24, 2.45) is 5.73 Å². The maximum atomic E-state index is 10.4. The summed E-state index contributed by atoms with van der Waals surface area (Å²) in [6.45, 7) is 3.25. The predicted octanol–water partition coefficient (Wildman–Crippen LogP) is -3.11. The van der Waals surface area contributed by atoms with E-state index in [1.54, 1.807) is 0 Å². The summed E-state index contributed by atoms with van der Waals surface area (Å²) in [5.74, 6) is 0. The fourth-order valence-electron chi connectivity index (χ4n) is 0.525. The topological polar surface area (TPSA) is 80.4 Å². The summed E-state index contributed by atoms with van der Waals surface area (Å²) in [6.07, 6.45) is 1.60. The summed E-state index contributed by atoms with van der Waals surface area (Å²) in [6, 6.07) is 0. The van der Waals surface area contributed by atoms with Gasteiger partial charge in [0.05, 0.1) is 0 Å². The summed E-state index contributed by atoms with van der Waals surface area (Å²) in [4.78, 5) is 0. The molecule has 6 heteroatoms. The minimum Gasteiger partial charge on any atom is -1.00 e. The third kappa shape index (κ3) is 5.84. The zero-order chi connectivity index (χ0) is 8.20. The van der Waals surface area contributed by atoms with Crippen LogP contribution in [0.5, 0.6) is 0 Å². The first kappa shape index (κ1) is 14.2. The molecule has 0 aliphatic rings. The van der Waals surface area contributed by atoms with Gasteiger partial charge in [0, 0.05) is 6.54 Å². The van der Waals surface area contributed by atoms with Gasteiger partial charge in [-0.2, -0.15) is 8.42 Å². The molecule has 0 amide bonds. The van der Waals surface area contributed by atoms with Crippen LogP contribution in [0.4, 0.5) is 0 Å². The molecule has 0 aromatic rings. The van der Waals surface area contributed by atoms with Gasteiger partial charge in [0.2, 0.25) is 0 Å². The second-order valence-corrected chi connectivity index (χ2v) is 3.59. The summed E-state index contributed by atoms with van der Waals surface area (Å²) in [7, 11) is -3.97. The quantitative estimate of drug-likeness (QED) is 0.279. The number of hydrogen-bond acceptors (Lipinski definition) is 3. The average molecular weight is 189 g/mol. The molecule has 1 unspecified atom stereocenters. The van der Waals surface area contributed by atoms with Crippen molar-refractivity contribution in [3.05, 3.63) is 12.7 Å². The Kier molecular flexibility index (Phi) is 7.93. The van der Waals surface area contributed by atoms with Crippen molar-refractivity contribution in [1.82, 2.24) is 0 Å². The molecule has 0 bridgehead atoms. The molecule has 0 fully saturated rings. The van der Waals surface area contributed by atoms with E-state index in [-0.39, 0.29) is 43.9 Å². The Hall–Kier alpha value is 0.610. The van der Waals surface area contributed by atoms with Crippen LogP contribution in [-0.4, -0.2) is 24.8 Å². The smallest absolute Gasteiger partial charge is 1.00 e. The third-order valence-corrected chi connectivity index (χ3v) is 2.34. The molecule has 0 radical (unpaired) electrons. The zero-order valence-corrected chi connectivity index (χ0v) is 9.34. The van der Waals surface area contributed by atoms with Crippen molar-refractivity contribution in [2.45, 2.75) is 11.7 Å². The normalized spacial score (nSPS) is 13.3. The van der Waals surface area contributed by atoms with Gasteiger partial charge in [0.1, 0.15) is 5.25 Å². The molecule has 0 aliphatic carbocycles. The van der Waals surface area contributed by atoms with E-state index in [0.717, 1.165) is 0 Å². The summed E-state index contributed by atoms with van der Waals surface area (Å²) < 4.78 is 29.2. The van der Waals surface area contributed by atoms with E-state index in [2.05, 4.69) is 6.58 Å². The van der Waals surface area contributed by atoms with Gasteiger partial charge >= 0.3 is 29.6 Å². The van der Waals surface area contributed by atoms with Gasteiger partial charge in [-0.1, -0.05) is 6.08 Å².